The molecule has 0 amide bonds. The largest absolute Gasteiger partial charge is 1.00 e. The van der Waals surface area contributed by atoms with Crippen LogP contribution in [0.5, 0.6) is 5.75 Å². The molecule has 0 aliphatic heterocycles. The number of para-hydroxylation sites is 1. The van der Waals surface area contributed by atoms with Crippen LogP contribution in [0.25, 0.3) is 0 Å². The minimum atomic E-state index is -4.81. The smallest absolute Gasteiger partial charge is 0.746 e. The molecule has 0 heterocycles. The van der Waals surface area contributed by atoms with Crippen molar-refractivity contribution in [3.8, 4) is 5.75 Å². The third kappa shape index (κ3) is 10.9. The fourth-order valence-electron chi connectivity index (χ4n) is 2.74. The van der Waals surface area contributed by atoms with E-state index in [1.807, 2.05) is 0 Å². The van der Waals surface area contributed by atoms with Gasteiger partial charge in [-0.3, -0.25) is 0 Å². The van der Waals surface area contributed by atoms with Crippen LogP contribution in [0.3, 0.4) is 0 Å². The molecule has 5 nitrogen and oxygen atoms in total. The standard InChI is InChI=1S/C19H32O5S.Na/c1-2-3-4-5-6-7-8-9-10-13-16-24-18-15-12-11-14-17(18)19(20)25(21,22)23;/h11-12,14-15,19-20H,2-10,13,16H2,1H3,(H,21,22,23);/q;+1/p-1. The molecule has 26 heavy (non-hydrogen) atoms. The zero-order chi connectivity index (χ0) is 18.5. The second kappa shape index (κ2) is 14.9. The summed E-state index contributed by atoms with van der Waals surface area (Å²) >= 11 is 0. The van der Waals surface area contributed by atoms with Crippen LogP contribution >= 0.6 is 0 Å². The first-order valence-electron chi connectivity index (χ1n) is 9.31. The summed E-state index contributed by atoms with van der Waals surface area (Å²) in [6, 6.07) is 6.21. The Morgan fingerprint density at radius 2 is 1.46 bits per heavy atom. The van der Waals surface area contributed by atoms with Gasteiger partial charge in [-0.2, -0.15) is 0 Å². The normalized spacial score (nSPS) is 12.4. The number of aliphatic hydroxyl groups excluding tert-OH is 1. The van der Waals surface area contributed by atoms with Crippen LogP contribution in [0.1, 0.15) is 82.1 Å². The second-order valence-corrected chi connectivity index (χ2v) is 7.85. The molecular weight excluding hydrogens is 363 g/mol. The van der Waals surface area contributed by atoms with E-state index in [1.54, 1.807) is 18.2 Å². The maximum atomic E-state index is 11.0. The number of hydrogen-bond acceptors (Lipinski definition) is 5. The molecule has 0 aliphatic rings. The van der Waals surface area contributed by atoms with Gasteiger partial charge in [0, 0.05) is 5.56 Å². The van der Waals surface area contributed by atoms with E-state index in [4.69, 9.17) is 4.74 Å². The first-order valence-corrected chi connectivity index (χ1v) is 10.8. The summed E-state index contributed by atoms with van der Waals surface area (Å²) in [7, 11) is -4.81. The summed E-state index contributed by atoms with van der Waals surface area (Å²) in [5.74, 6) is 0.255. The summed E-state index contributed by atoms with van der Waals surface area (Å²) < 4.78 is 38.5. The molecular formula is C19H31NaO5S. The zero-order valence-corrected chi connectivity index (χ0v) is 19.0. The fraction of sp³-hybridized carbons (Fsp3) is 0.684. The van der Waals surface area contributed by atoms with E-state index in [1.165, 1.54) is 51.0 Å². The third-order valence-electron chi connectivity index (χ3n) is 4.21. The molecule has 144 valence electrons. The molecule has 7 heteroatoms. The van der Waals surface area contributed by atoms with E-state index in [0.29, 0.717) is 6.61 Å². The summed E-state index contributed by atoms with van der Waals surface area (Å²) in [5, 5.41) is 9.63. The molecule has 1 unspecified atom stereocenters. The Bertz CT molecular complexity index is 577. The number of rotatable bonds is 14. The van der Waals surface area contributed by atoms with E-state index in [9.17, 15) is 18.1 Å². The molecule has 1 N–H and O–H groups in total. The molecule has 1 rings (SSSR count). The van der Waals surface area contributed by atoms with Crippen LogP contribution in [0.4, 0.5) is 0 Å². The van der Waals surface area contributed by atoms with Crippen molar-refractivity contribution in [3.63, 3.8) is 0 Å². The summed E-state index contributed by atoms with van der Waals surface area (Å²) in [4.78, 5) is 0. The van der Waals surface area contributed by atoms with Crippen LogP contribution in [0.15, 0.2) is 24.3 Å². The number of hydrogen-bond donors (Lipinski definition) is 1. The van der Waals surface area contributed by atoms with Crippen molar-refractivity contribution < 1.29 is 52.4 Å². The molecule has 1 aromatic rings. The van der Waals surface area contributed by atoms with Crippen LogP contribution in [-0.4, -0.2) is 24.7 Å². The van der Waals surface area contributed by atoms with Crippen molar-refractivity contribution in [2.24, 2.45) is 0 Å². The predicted molar refractivity (Wildman–Crippen MR) is 98.4 cm³/mol. The molecule has 1 aromatic carbocycles. The molecule has 0 fully saturated rings. The van der Waals surface area contributed by atoms with Gasteiger partial charge in [0.25, 0.3) is 0 Å². The topological polar surface area (TPSA) is 86.7 Å². The van der Waals surface area contributed by atoms with E-state index >= 15 is 0 Å². The van der Waals surface area contributed by atoms with Crippen LogP contribution in [0.2, 0.25) is 0 Å². The summed E-state index contributed by atoms with van der Waals surface area (Å²) in [6.07, 6.45) is 12.2. The van der Waals surface area contributed by atoms with Gasteiger partial charge in [0.15, 0.2) is 5.44 Å². The van der Waals surface area contributed by atoms with E-state index in [-0.39, 0.29) is 40.9 Å². The Labute approximate surface area is 180 Å². The molecule has 0 aromatic heterocycles. The molecule has 0 saturated heterocycles. The average Bonchev–Trinajstić information content (AvgIpc) is 2.58. The fourth-order valence-corrected chi connectivity index (χ4v) is 3.25. The first kappa shape index (κ1) is 25.9. The maximum absolute atomic E-state index is 11.0. The van der Waals surface area contributed by atoms with Crippen molar-refractivity contribution in [2.75, 3.05) is 6.61 Å². The van der Waals surface area contributed by atoms with Gasteiger partial charge in [-0.1, -0.05) is 82.9 Å². The Morgan fingerprint density at radius 1 is 0.962 bits per heavy atom. The van der Waals surface area contributed by atoms with Gasteiger partial charge in [-0.25, -0.2) is 8.42 Å². The number of ether oxygens (including phenoxy) is 1. The van der Waals surface area contributed by atoms with E-state index < -0.39 is 15.6 Å². The van der Waals surface area contributed by atoms with Crippen molar-refractivity contribution >= 4 is 10.1 Å². The van der Waals surface area contributed by atoms with Crippen LogP contribution < -0.4 is 34.3 Å². The monoisotopic (exact) mass is 394 g/mol. The Kier molecular flexibility index (Phi) is 14.8. The summed E-state index contributed by atoms with van der Waals surface area (Å²) in [6.45, 7) is 2.67. The first-order chi connectivity index (χ1) is 12.0. The molecule has 0 radical (unpaired) electrons. The number of aliphatic hydroxyl groups is 1. The van der Waals surface area contributed by atoms with Gasteiger partial charge in [0.2, 0.25) is 0 Å². The molecule has 0 saturated carbocycles. The van der Waals surface area contributed by atoms with Gasteiger partial charge >= 0.3 is 29.6 Å². The number of unbranched alkanes of at least 4 members (excludes halogenated alkanes) is 9. The molecule has 0 aliphatic carbocycles. The van der Waals surface area contributed by atoms with E-state index in [2.05, 4.69) is 6.92 Å². The summed E-state index contributed by atoms with van der Waals surface area (Å²) in [5.41, 5.74) is -2.08. The second-order valence-electron chi connectivity index (χ2n) is 6.41. The molecule has 1 atom stereocenters. The van der Waals surface area contributed by atoms with Crippen molar-refractivity contribution in [2.45, 2.75) is 76.6 Å². The van der Waals surface area contributed by atoms with Crippen molar-refractivity contribution in [1.82, 2.24) is 0 Å². The predicted octanol–water partition coefficient (Wildman–Crippen LogP) is 1.53. The van der Waals surface area contributed by atoms with Crippen molar-refractivity contribution in [1.29, 1.82) is 0 Å². The molecule has 0 spiro atoms. The van der Waals surface area contributed by atoms with Gasteiger partial charge < -0.3 is 14.4 Å². The minimum Gasteiger partial charge on any atom is -0.746 e. The van der Waals surface area contributed by atoms with Gasteiger partial charge in [0.1, 0.15) is 15.9 Å². The van der Waals surface area contributed by atoms with E-state index in [0.717, 1.165) is 19.3 Å². The Balaban J connectivity index is 0.00000625. The van der Waals surface area contributed by atoms with Crippen LogP contribution in [-0.2, 0) is 10.1 Å². The molecule has 0 bridgehead atoms. The van der Waals surface area contributed by atoms with Gasteiger partial charge in [-0.15, -0.1) is 0 Å². The third-order valence-corrected chi connectivity index (χ3v) is 5.01. The van der Waals surface area contributed by atoms with Gasteiger partial charge in [0.05, 0.1) is 6.61 Å². The average molecular weight is 395 g/mol. The quantitative estimate of drug-likeness (QED) is 0.294. The van der Waals surface area contributed by atoms with Crippen LogP contribution in [0, 0.1) is 0 Å². The zero-order valence-electron chi connectivity index (χ0n) is 16.2. The Hall–Kier alpha value is -0.110. The number of benzene rings is 1. The van der Waals surface area contributed by atoms with Gasteiger partial charge in [-0.05, 0) is 12.5 Å². The van der Waals surface area contributed by atoms with Crippen molar-refractivity contribution in [3.05, 3.63) is 29.8 Å². The maximum Gasteiger partial charge on any atom is 1.00 e. The minimum absolute atomic E-state index is 0. The SMILES string of the molecule is CCCCCCCCCCCCOc1ccccc1C(O)S(=O)(=O)[O-].[Na+]. The Morgan fingerprint density at radius 3 is 2.00 bits per heavy atom.